The highest BCUT2D eigenvalue weighted by Gasteiger charge is 2.19. The van der Waals surface area contributed by atoms with E-state index in [9.17, 15) is 9.90 Å². The molecule has 0 saturated heterocycles. The number of nitrogens with zero attached hydrogens (tertiary/aromatic N) is 4. The summed E-state index contributed by atoms with van der Waals surface area (Å²) in [4.78, 5) is 16.9. The molecule has 2 heterocycles. The zero-order valence-corrected chi connectivity index (χ0v) is 13.9. The zero-order chi connectivity index (χ0) is 18.6. The Kier molecular flexibility index (Phi) is 4.28. The third-order valence-electron chi connectivity index (χ3n) is 3.83. The number of hydrogen-bond donors (Lipinski definition) is 2. The van der Waals surface area contributed by atoms with E-state index < -0.39 is 5.91 Å². The fraction of sp³-hybridized carbons (Fsp3) is 0. The monoisotopic (exact) mass is 359 g/mol. The van der Waals surface area contributed by atoms with Gasteiger partial charge in [0.05, 0.1) is 11.8 Å². The van der Waals surface area contributed by atoms with Gasteiger partial charge in [0.25, 0.3) is 5.91 Å². The Morgan fingerprint density at radius 2 is 1.96 bits per heavy atom. The van der Waals surface area contributed by atoms with E-state index >= 15 is 0 Å². The summed E-state index contributed by atoms with van der Waals surface area (Å²) in [6.07, 6.45) is 4.27. The maximum Gasteiger partial charge on any atom is 0.261 e. The number of benzene rings is 2. The first-order chi connectivity index (χ1) is 13.2. The van der Waals surface area contributed by atoms with Gasteiger partial charge in [-0.1, -0.05) is 35.5 Å². The summed E-state index contributed by atoms with van der Waals surface area (Å²) in [6, 6.07) is 14.0. The van der Waals surface area contributed by atoms with Crippen molar-refractivity contribution in [3.63, 3.8) is 0 Å². The summed E-state index contributed by atoms with van der Waals surface area (Å²) >= 11 is 0. The summed E-state index contributed by atoms with van der Waals surface area (Å²) < 4.78 is 4.69. The molecular weight excluding hydrogens is 346 g/mol. The van der Waals surface area contributed by atoms with E-state index in [1.54, 1.807) is 42.6 Å². The molecule has 0 radical (unpaired) electrons. The Hall–Kier alpha value is -4.07. The van der Waals surface area contributed by atoms with E-state index in [1.807, 2.05) is 12.1 Å². The van der Waals surface area contributed by atoms with Crippen molar-refractivity contribution < 1.29 is 14.4 Å². The largest absolute Gasteiger partial charge is 0.505 e. The fourth-order valence-corrected chi connectivity index (χ4v) is 2.60. The lowest BCUT2D eigenvalue weighted by atomic mass is 10.0. The van der Waals surface area contributed by atoms with Crippen LogP contribution in [0.1, 0.15) is 10.4 Å². The lowest BCUT2D eigenvalue weighted by molar-refractivity contribution is 0.102. The van der Waals surface area contributed by atoms with Gasteiger partial charge in [-0.2, -0.15) is 0 Å². The molecule has 0 atom stereocenters. The molecule has 8 heteroatoms. The second kappa shape index (κ2) is 7.04. The number of aromatic hydroxyl groups is 1. The van der Waals surface area contributed by atoms with Gasteiger partial charge in [-0.05, 0) is 29.0 Å². The Balaban J connectivity index is 1.80. The molecule has 0 bridgehead atoms. The van der Waals surface area contributed by atoms with Gasteiger partial charge in [-0.25, -0.2) is 4.98 Å². The number of rotatable bonds is 4. The minimum atomic E-state index is -0.496. The fourth-order valence-electron chi connectivity index (χ4n) is 2.60. The summed E-state index contributed by atoms with van der Waals surface area (Å²) in [6.45, 7) is 0. The lowest BCUT2D eigenvalue weighted by Crippen LogP contribution is -2.13. The topological polar surface area (TPSA) is 113 Å². The highest BCUT2D eigenvalue weighted by atomic mass is 16.5. The number of anilines is 1. The van der Waals surface area contributed by atoms with Crippen LogP contribution in [0.3, 0.4) is 0 Å². The molecule has 1 amide bonds. The number of nitrogens with one attached hydrogen (secondary N) is 1. The number of fused-ring (bicyclic) bond motifs is 1. The highest BCUT2D eigenvalue weighted by Crippen LogP contribution is 2.38. The lowest BCUT2D eigenvalue weighted by Gasteiger charge is -2.11. The Labute approximate surface area is 153 Å². The molecule has 8 nitrogen and oxygen atoms in total. The quantitative estimate of drug-likeness (QED) is 0.517. The Bertz CT molecular complexity index is 1130. The third-order valence-corrected chi connectivity index (χ3v) is 3.83. The first kappa shape index (κ1) is 16.4. The van der Waals surface area contributed by atoms with Crippen LogP contribution in [0.25, 0.3) is 10.8 Å². The molecule has 27 heavy (non-hydrogen) atoms. The highest BCUT2D eigenvalue weighted by molar-refractivity contribution is 6.16. The number of pyridine rings is 1. The molecule has 132 valence electrons. The molecule has 0 aliphatic rings. The van der Waals surface area contributed by atoms with E-state index in [4.69, 9.17) is 4.52 Å². The van der Waals surface area contributed by atoms with Crippen LogP contribution in [0.15, 0.2) is 81.9 Å². The Morgan fingerprint density at radius 1 is 1.11 bits per heavy atom. The van der Waals surface area contributed by atoms with Crippen LogP contribution in [-0.2, 0) is 0 Å². The molecule has 0 spiro atoms. The van der Waals surface area contributed by atoms with Crippen LogP contribution in [0, 0.1) is 0 Å². The maximum atomic E-state index is 12.8. The van der Waals surface area contributed by atoms with Crippen LogP contribution in [0.4, 0.5) is 17.2 Å². The van der Waals surface area contributed by atoms with Crippen LogP contribution in [-0.4, -0.2) is 21.2 Å². The third kappa shape index (κ3) is 3.36. The molecule has 2 aromatic carbocycles. The number of hydrogen-bond acceptors (Lipinski definition) is 7. The number of phenolic OH excluding ortho intramolecular Hbond substituents is 1. The van der Waals surface area contributed by atoms with Gasteiger partial charge in [-0.3, -0.25) is 4.79 Å². The first-order valence-electron chi connectivity index (χ1n) is 8.00. The molecule has 4 aromatic rings. The van der Waals surface area contributed by atoms with Gasteiger partial charge in [0.1, 0.15) is 17.2 Å². The molecule has 2 N–H and O–H groups in total. The number of amides is 1. The van der Waals surface area contributed by atoms with Crippen molar-refractivity contribution in [3.05, 3.63) is 72.8 Å². The van der Waals surface area contributed by atoms with Crippen LogP contribution in [0.2, 0.25) is 0 Å². The molecule has 0 aliphatic carbocycles. The standard InChI is InChI=1S/C19H13N5O3/c25-18-15(24-23-13-10-21-27-11-13)9-12-5-1-2-6-14(12)17(18)19(26)22-16-7-3-4-8-20-16/h1-11,25H,(H,20,22,26). The summed E-state index contributed by atoms with van der Waals surface area (Å²) in [5.74, 6) is -0.394. The molecule has 2 aromatic heterocycles. The zero-order valence-electron chi connectivity index (χ0n) is 13.9. The van der Waals surface area contributed by atoms with Crippen LogP contribution in [0.5, 0.6) is 5.75 Å². The van der Waals surface area contributed by atoms with Gasteiger partial charge in [0.15, 0.2) is 12.0 Å². The number of azo groups is 1. The SMILES string of the molecule is O=C(Nc1ccccn1)c1c(O)c(N=Nc2cnoc2)cc2ccccc12. The van der Waals surface area contributed by atoms with Gasteiger partial charge >= 0.3 is 0 Å². The van der Waals surface area contributed by atoms with E-state index in [-0.39, 0.29) is 17.0 Å². The molecular formula is C19H13N5O3. The predicted octanol–water partition coefficient (Wildman–Crippen LogP) is 4.60. The first-order valence-corrected chi connectivity index (χ1v) is 8.00. The van der Waals surface area contributed by atoms with Crippen molar-refractivity contribution in [1.82, 2.24) is 10.1 Å². The Morgan fingerprint density at radius 3 is 2.74 bits per heavy atom. The molecule has 0 saturated carbocycles. The normalized spacial score (nSPS) is 11.1. The maximum absolute atomic E-state index is 12.8. The molecule has 0 unspecified atom stereocenters. The minimum Gasteiger partial charge on any atom is -0.505 e. The van der Waals surface area contributed by atoms with Gasteiger partial charge in [-0.15, -0.1) is 10.2 Å². The van der Waals surface area contributed by atoms with Crippen LogP contribution >= 0.6 is 0 Å². The predicted molar refractivity (Wildman–Crippen MR) is 98.5 cm³/mol. The minimum absolute atomic E-state index is 0.0954. The van der Waals surface area contributed by atoms with Gasteiger partial charge < -0.3 is 14.9 Å². The van der Waals surface area contributed by atoms with Crippen molar-refractivity contribution >= 4 is 33.9 Å². The second-order valence-electron chi connectivity index (χ2n) is 5.59. The molecule has 0 fully saturated rings. The van der Waals surface area contributed by atoms with E-state index in [0.717, 1.165) is 5.39 Å². The number of carbonyl (C=O) groups is 1. The molecule has 0 aliphatic heterocycles. The van der Waals surface area contributed by atoms with E-state index in [0.29, 0.717) is 16.9 Å². The average Bonchev–Trinajstić information content (AvgIpc) is 3.20. The van der Waals surface area contributed by atoms with Gasteiger partial charge in [0.2, 0.25) is 0 Å². The average molecular weight is 359 g/mol. The van der Waals surface area contributed by atoms with Crippen molar-refractivity contribution in [1.29, 1.82) is 0 Å². The number of aromatic nitrogens is 2. The smallest absolute Gasteiger partial charge is 0.261 e. The number of carbonyl (C=O) groups excluding carboxylic acids is 1. The van der Waals surface area contributed by atoms with Crippen molar-refractivity contribution in [2.24, 2.45) is 10.2 Å². The summed E-state index contributed by atoms with van der Waals surface area (Å²) in [7, 11) is 0. The van der Waals surface area contributed by atoms with Crippen LogP contribution < -0.4 is 5.32 Å². The summed E-state index contributed by atoms with van der Waals surface area (Å²) in [5.41, 5.74) is 0.640. The van der Waals surface area contributed by atoms with E-state index in [2.05, 4.69) is 25.7 Å². The van der Waals surface area contributed by atoms with Crippen molar-refractivity contribution in [2.75, 3.05) is 5.32 Å². The van der Waals surface area contributed by atoms with Crippen molar-refractivity contribution in [2.45, 2.75) is 0 Å². The van der Waals surface area contributed by atoms with E-state index in [1.165, 1.54) is 12.5 Å². The summed E-state index contributed by atoms with van der Waals surface area (Å²) in [5, 5.41) is 26.2. The second-order valence-corrected chi connectivity index (χ2v) is 5.59. The van der Waals surface area contributed by atoms with Gasteiger partial charge in [0, 0.05) is 6.20 Å². The molecule has 4 rings (SSSR count). The van der Waals surface area contributed by atoms with Crippen molar-refractivity contribution in [3.8, 4) is 5.75 Å². The number of phenols is 1.